The lowest BCUT2D eigenvalue weighted by Gasteiger charge is -2.31. The summed E-state index contributed by atoms with van der Waals surface area (Å²) in [6.45, 7) is 2.13. The Morgan fingerprint density at radius 1 is 1.38 bits per heavy atom. The highest BCUT2D eigenvalue weighted by atomic mass is 32.2. The molecule has 0 saturated heterocycles. The molecule has 2 atom stereocenters. The van der Waals surface area contributed by atoms with Crippen molar-refractivity contribution in [3.05, 3.63) is 29.6 Å². The second kappa shape index (κ2) is 7.45. The number of carboxylic acids is 1. The number of amides is 1. The van der Waals surface area contributed by atoms with E-state index in [2.05, 4.69) is 17.2 Å². The van der Waals surface area contributed by atoms with E-state index in [1.54, 1.807) is 0 Å². The van der Waals surface area contributed by atoms with Crippen LogP contribution in [0.3, 0.4) is 0 Å². The first-order valence-electron chi connectivity index (χ1n) is 7.23. The Labute approximate surface area is 128 Å². The minimum Gasteiger partial charge on any atom is -0.477 e. The summed E-state index contributed by atoms with van der Waals surface area (Å²) < 4.78 is 0. The fourth-order valence-electron chi connectivity index (χ4n) is 2.58. The van der Waals surface area contributed by atoms with Gasteiger partial charge < -0.3 is 10.4 Å². The van der Waals surface area contributed by atoms with E-state index in [4.69, 9.17) is 5.11 Å². The van der Waals surface area contributed by atoms with Crippen molar-refractivity contribution < 1.29 is 14.7 Å². The van der Waals surface area contributed by atoms with Gasteiger partial charge in [-0.2, -0.15) is 11.8 Å². The summed E-state index contributed by atoms with van der Waals surface area (Å²) in [7, 11) is 0. The molecule has 1 aromatic rings. The maximum atomic E-state index is 12.2. The Morgan fingerprint density at radius 2 is 2.14 bits per heavy atom. The standard InChI is InChI=1S/C15H20N2O3S/c1-2-21-13-6-4-3-5-11(13)17-14(18)10-7-8-12(15(19)20)16-9-10/h7-9,11,13H,2-6H2,1H3,(H,17,18)(H,19,20). The highest BCUT2D eigenvalue weighted by Gasteiger charge is 2.26. The van der Waals surface area contributed by atoms with E-state index in [0.29, 0.717) is 10.8 Å². The molecule has 0 spiro atoms. The first-order valence-corrected chi connectivity index (χ1v) is 8.28. The third-order valence-corrected chi connectivity index (χ3v) is 4.97. The molecule has 1 fully saturated rings. The lowest BCUT2D eigenvalue weighted by molar-refractivity contribution is 0.0689. The molecule has 0 bridgehead atoms. The van der Waals surface area contributed by atoms with Gasteiger partial charge in [0.25, 0.3) is 5.91 Å². The number of pyridine rings is 1. The van der Waals surface area contributed by atoms with Crippen LogP contribution in [0.25, 0.3) is 0 Å². The molecular weight excluding hydrogens is 288 g/mol. The van der Waals surface area contributed by atoms with E-state index in [1.165, 1.54) is 24.8 Å². The second-order valence-electron chi connectivity index (χ2n) is 5.10. The van der Waals surface area contributed by atoms with Gasteiger partial charge in [0.15, 0.2) is 0 Å². The van der Waals surface area contributed by atoms with Crippen molar-refractivity contribution in [3.8, 4) is 0 Å². The van der Waals surface area contributed by atoms with Gasteiger partial charge in [0.05, 0.1) is 5.56 Å². The quantitative estimate of drug-likeness (QED) is 0.874. The average Bonchev–Trinajstić information content (AvgIpc) is 2.49. The summed E-state index contributed by atoms with van der Waals surface area (Å²) in [6.07, 6.45) is 5.83. The van der Waals surface area contributed by atoms with Gasteiger partial charge in [-0.3, -0.25) is 4.79 Å². The first-order chi connectivity index (χ1) is 10.1. The molecule has 1 aliphatic carbocycles. The van der Waals surface area contributed by atoms with Gasteiger partial charge in [-0.1, -0.05) is 19.8 Å². The monoisotopic (exact) mass is 308 g/mol. The van der Waals surface area contributed by atoms with Crippen molar-refractivity contribution in [3.63, 3.8) is 0 Å². The topological polar surface area (TPSA) is 79.3 Å². The molecule has 1 amide bonds. The number of carbonyl (C=O) groups is 2. The fraction of sp³-hybridized carbons (Fsp3) is 0.533. The van der Waals surface area contributed by atoms with Crippen LogP contribution in [-0.2, 0) is 0 Å². The molecule has 114 valence electrons. The molecule has 6 heteroatoms. The zero-order valence-corrected chi connectivity index (χ0v) is 12.9. The second-order valence-corrected chi connectivity index (χ2v) is 6.61. The van der Waals surface area contributed by atoms with Crippen molar-refractivity contribution in [2.45, 2.75) is 43.9 Å². The first kappa shape index (κ1) is 15.8. The molecular formula is C15H20N2O3S. The Kier molecular flexibility index (Phi) is 5.61. The van der Waals surface area contributed by atoms with E-state index in [1.807, 2.05) is 11.8 Å². The van der Waals surface area contributed by atoms with Gasteiger partial charge in [-0.25, -0.2) is 9.78 Å². The van der Waals surface area contributed by atoms with Gasteiger partial charge >= 0.3 is 5.97 Å². The minimum absolute atomic E-state index is 0.0522. The van der Waals surface area contributed by atoms with Crippen LogP contribution in [0, 0.1) is 0 Å². The Hall–Kier alpha value is -1.56. The lowest BCUT2D eigenvalue weighted by Crippen LogP contribution is -2.43. The average molecular weight is 308 g/mol. The van der Waals surface area contributed by atoms with E-state index >= 15 is 0 Å². The number of nitrogens with zero attached hydrogens (tertiary/aromatic N) is 1. The number of carboxylic acid groups (broad SMARTS) is 1. The third kappa shape index (κ3) is 4.20. The smallest absolute Gasteiger partial charge is 0.354 e. The van der Waals surface area contributed by atoms with Crippen LogP contribution >= 0.6 is 11.8 Å². The number of hydrogen-bond acceptors (Lipinski definition) is 4. The Balaban J connectivity index is 2.00. The van der Waals surface area contributed by atoms with E-state index in [0.717, 1.165) is 25.0 Å². The van der Waals surface area contributed by atoms with Crippen molar-refractivity contribution in [1.29, 1.82) is 0 Å². The molecule has 1 heterocycles. The van der Waals surface area contributed by atoms with Crippen LogP contribution < -0.4 is 5.32 Å². The molecule has 1 aromatic heterocycles. The van der Waals surface area contributed by atoms with Crippen molar-refractivity contribution >= 4 is 23.6 Å². The number of aromatic nitrogens is 1. The van der Waals surface area contributed by atoms with Crippen LogP contribution in [0.4, 0.5) is 0 Å². The van der Waals surface area contributed by atoms with Crippen molar-refractivity contribution in [1.82, 2.24) is 10.3 Å². The largest absolute Gasteiger partial charge is 0.477 e. The molecule has 2 N–H and O–H groups in total. The highest BCUT2D eigenvalue weighted by molar-refractivity contribution is 7.99. The minimum atomic E-state index is -1.09. The molecule has 0 radical (unpaired) electrons. The number of hydrogen-bond donors (Lipinski definition) is 2. The van der Waals surface area contributed by atoms with Crippen LogP contribution in [0.15, 0.2) is 18.3 Å². The zero-order chi connectivity index (χ0) is 15.2. The van der Waals surface area contributed by atoms with Gasteiger partial charge in [0.1, 0.15) is 5.69 Å². The maximum Gasteiger partial charge on any atom is 0.354 e. The molecule has 1 saturated carbocycles. The number of thioether (sulfide) groups is 1. The normalized spacial score (nSPS) is 21.8. The number of nitrogens with one attached hydrogen (secondary N) is 1. The van der Waals surface area contributed by atoms with Crippen LogP contribution in [0.5, 0.6) is 0 Å². The predicted octanol–water partition coefficient (Wildman–Crippen LogP) is 2.57. The van der Waals surface area contributed by atoms with Crippen molar-refractivity contribution in [2.24, 2.45) is 0 Å². The maximum absolute atomic E-state index is 12.2. The molecule has 2 unspecified atom stereocenters. The highest BCUT2D eigenvalue weighted by Crippen LogP contribution is 2.28. The van der Waals surface area contributed by atoms with Gasteiger partial charge in [-0.05, 0) is 30.7 Å². The zero-order valence-electron chi connectivity index (χ0n) is 12.0. The number of carbonyl (C=O) groups excluding carboxylic acids is 1. The van der Waals surface area contributed by atoms with Crippen LogP contribution in [0.1, 0.15) is 53.5 Å². The molecule has 21 heavy (non-hydrogen) atoms. The SMILES string of the molecule is CCSC1CCCCC1NC(=O)c1ccc(C(=O)O)nc1. The summed E-state index contributed by atoms with van der Waals surface area (Å²) in [4.78, 5) is 26.8. The van der Waals surface area contributed by atoms with Gasteiger partial charge in [0.2, 0.25) is 0 Å². The number of rotatable bonds is 5. The van der Waals surface area contributed by atoms with Crippen molar-refractivity contribution in [2.75, 3.05) is 5.75 Å². The number of aromatic carboxylic acids is 1. The molecule has 0 aliphatic heterocycles. The van der Waals surface area contributed by atoms with E-state index < -0.39 is 5.97 Å². The molecule has 2 rings (SSSR count). The fourth-order valence-corrected chi connectivity index (χ4v) is 3.78. The molecule has 1 aliphatic rings. The Morgan fingerprint density at radius 3 is 2.76 bits per heavy atom. The van der Waals surface area contributed by atoms with Gasteiger partial charge in [-0.15, -0.1) is 0 Å². The van der Waals surface area contributed by atoms with E-state index in [9.17, 15) is 9.59 Å². The molecule has 5 nitrogen and oxygen atoms in total. The van der Waals surface area contributed by atoms with Crippen LogP contribution in [0.2, 0.25) is 0 Å². The lowest BCUT2D eigenvalue weighted by atomic mass is 9.94. The summed E-state index contributed by atoms with van der Waals surface area (Å²) in [6, 6.07) is 3.06. The van der Waals surface area contributed by atoms with E-state index in [-0.39, 0.29) is 17.6 Å². The summed E-state index contributed by atoms with van der Waals surface area (Å²) in [5.74, 6) is -0.215. The summed E-state index contributed by atoms with van der Waals surface area (Å²) >= 11 is 1.90. The predicted molar refractivity (Wildman–Crippen MR) is 82.8 cm³/mol. The van der Waals surface area contributed by atoms with Crippen LogP contribution in [-0.4, -0.2) is 39.0 Å². The Bertz CT molecular complexity index is 502. The third-order valence-electron chi connectivity index (χ3n) is 3.64. The summed E-state index contributed by atoms with van der Waals surface area (Å²) in [5, 5.41) is 12.3. The summed E-state index contributed by atoms with van der Waals surface area (Å²) in [5.41, 5.74) is 0.356. The molecule has 0 aromatic carbocycles. The van der Waals surface area contributed by atoms with Gasteiger partial charge in [0, 0.05) is 17.5 Å².